The molecule has 0 bridgehead atoms. The number of aromatic nitrogens is 2. The lowest BCUT2D eigenvalue weighted by Gasteiger charge is -2.14. The van der Waals surface area contributed by atoms with Crippen LogP contribution in [0.5, 0.6) is 5.75 Å². The second-order valence-electron chi connectivity index (χ2n) is 6.90. The first-order valence-electron chi connectivity index (χ1n) is 9.49. The summed E-state index contributed by atoms with van der Waals surface area (Å²) >= 11 is 9.15. The van der Waals surface area contributed by atoms with Crippen molar-refractivity contribution in [1.29, 1.82) is 0 Å². The Balaban J connectivity index is 1.76. The van der Waals surface area contributed by atoms with Crippen LogP contribution in [0, 0.1) is 0 Å². The maximum absolute atomic E-state index is 13.3. The molecular formula is C23H19ClN2O3S2. The highest BCUT2D eigenvalue weighted by Crippen LogP contribution is 2.29. The lowest BCUT2D eigenvalue weighted by molar-refractivity contribution is 0.101. The van der Waals surface area contributed by atoms with Crippen LogP contribution in [0.25, 0.3) is 10.9 Å². The molecule has 0 saturated carbocycles. The van der Waals surface area contributed by atoms with Gasteiger partial charge >= 0.3 is 0 Å². The maximum Gasteiger partial charge on any atom is 0.262 e. The summed E-state index contributed by atoms with van der Waals surface area (Å²) in [6.45, 7) is 1.96. The Morgan fingerprint density at radius 1 is 1.23 bits per heavy atom. The van der Waals surface area contributed by atoms with Crippen LogP contribution in [0.15, 0.2) is 63.9 Å². The SMILES string of the molecule is COc1ccc(C(C)=O)cc1CSc1nc2ccc(Cl)cc2c(=O)n1Cc1cccs1. The van der Waals surface area contributed by atoms with Crippen molar-refractivity contribution in [2.45, 2.75) is 24.4 Å². The maximum atomic E-state index is 13.3. The smallest absolute Gasteiger partial charge is 0.262 e. The highest BCUT2D eigenvalue weighted by atomic mass is 35.5. The zero-order valence-electron chi connectivity index (χ0n) is 16.9. The molecule has 158 valence electrons. The van der Waals surface area contributed by atoms with Crippen LogP contribution in [0.4, 0.5) is 0 Å². The number of carbonyl (C=O) groups excluding carboxylic acids is 1. The summed E-state index contributed by atoms with van der Waals surface area (Å²) in [6.07, 6.45) is 0. The number of hydrogen-bond donors (Lipinski definition) is 0. The van der Waals surface area contributed by atoms with Gasteiger partial charge in [-0.15, -0.1) is 11.3 Å². The topological polar surface area (TPSA) is 61.2 Å². The molecule has 4 rings (SSSR count). The van der Waals surface area contributed by atoms with Gasteiger partial charge in [0.2, 0.25) is 0 Å². The number of methoxy groups -OCH3 is 1. The molecule has 0 aliphatic rings. The fourth-order valence-electron chi connectivity index (χ4n) is 3.23. The largest absolute Gasteiger partial charge is 0.496 e. The number of ether oxygens (including phenoxy) is 1. The van der Waals surface area contributed by atoms with Gasteiger partial charge in [0.15, 0.2) is 10.9 Å². The van der Waals surface area contributed by atoms with Crippen LogP contribution >= 0.6 is 34.7 Å². The van der Waals surface area contributed by atoms with E-state index < -0.39 is 0 Å². The standard InChI is InChI=1S/C23H19ClN2O3S2/c1-14(27)15-5-8-21(29-2)16(10-15)13-31-23-25-20-7-6-17(24)11-19(20)22(28)26(23)12-18-4-3-9-30-18/h3-11H,12-13H2,1-2H3. The minimum Gasteiger partial charge on any atom is -0.496 e. The van der Waals surface area contributed by atoms with Gasteiger partial charge in [-0.1, -0.05) is 29.4 Å². The number of Topliss-reactive ketones (excluding diaryl/α,β-unsaturated/α-hetero) is 1. The van der Waals surface area contributed by atoms with Gasteiger partial charge in [0, 0.05) is 26.8 Å². The molecule has 0 fully saturated rings. The molecule has 0 radical (unpaired) electrons. The van der Waals surface area contributed by atoms with Crippen LogP contribution in [0.3, 0.4) is 0 Å². The van der Waals surface area contributed by atoms with E-state index in [1.807, 2.05) is 23.6 Å². The highest BCUT2D eigenvalue weighted by molar-refractivity contribution is 7.98. The van der Waals surface area contributed by atoms with E-state index >= 15 is 0 Å². The van der Waals surface area contributed by atoms with Crippen molar-refractivity contribution in [2.75, 3.05) is 7.11 Å². The van der Waals surface area contributed by atoms with Crippen molar-refractivity contribution in [2.24, 2.45) is 0 Å². The quantitative estimate of drug-likeness (QED) is 0.198. The number of rotatable bonds is 7. The average Bonchev–Trinajstić information content (AvgIpc) is 3.28. The van der Waals surface area contributed by atoms with Crippen LogP contribution in [0.2, 0.25) is 5.02 Å². The first-order chi connectivity index (χ1) is 15.0. The first kappa shape index (κ1) is 21.6. The van der Waals surface area contributed by atoms with Crippen molar-refractivity contribution in [3.8, 4) is 5.75 Å². The van der Waals surface area contributed by atoms with E-state index in [0.717, 1.165) is 10.4 Å². The Kier molecular flexibility index (Phi) is 6.46. The highest BCUT2D eigenvalue weighted by Gasteiger charge is 2.15. The zero-order valence-corrected chi connectivity index (χ0v) is 19.3. The summed E-state index contributed by atoms with van der Waals surface area (Å²) in [5.74, 6) is 1.18. The molecule has 0 spiro atoms. The molecule has 4 aromatic rings. The molecule has 8 heteroatoms. The number of nitrogens with zero attached hydrogens (tertiary/aromatic N) is 2. The lowest BCUT2D eigenvalue weighted by Crippen LogP contribution is -2.23. The fourth-order valence-corrected chi connectivity index (χ4v) is 5.07. The Labute approximate surface area is 192 Å². The summed E-state index contributed by atoms with van der Waals surface area (Å²) in [5, 5.41) is 3.57. The molecular weight excluding hydrogens is 452 g/mol. The number of hydrogen-bond acceptors (Lipinski definition) is 6. The van der Waals surface area contributed by atoms with Crippen LogP contribution in [0.1, 0.15) is 27.7 Å². The number of carbonyl (C=O) groups is 1. The van der Waals surface area contributed by atoms with Gasteiger partial charge in [0.25, 0.3) is 5.56 Å². The van der Waals surface area contributed by atoms with E-state index in [4.69, 9.17) is 21.3 Å². The Bertz CT molecular complexity index is 1320. The van der Waals surface area contributed by atoms with Gasteiger partial charge in [0.05, 0.1) is 24.6 Å². The predicted molar refractivity (Wildman–Crippen MR) is 127 cm³/mol. The van der Waals surface area contributed by atoms with E-state index in [0.29, 0.717) is 44.7 Å². The Hall–Kier alpha value is -2.61. The van der Waals surface area contributed by atoms with E-state index in [-0.39, 0.29) is 11.3 Å². The average molecular weight is 471 g/mol. The van der Waals surface area contributed by atoms with Crippen molar-refractivity contribution >= 4 is 51.4 Å². The van der Waals surface area contributed by atoms with Crippen molar-refractivity contribution in [1.82, 2.24) is 9.55 Å². The number of halogens is 1. The second-order valence-corrected chi connectivity index (χ2v) is 9.31. The summed E-state index contributed by atoms with van der Waals surface area (Å²) in [5.41, 5.74) is 1.96. The summed E-state index contributed by atoms with van der Waals surface area (Å²) in [4.78, 5) is 30.9. The molecule has 5 nitrogen and oxygen atoms in total. The van der Waals surface area contributed by atoms with Crippen LogP contribution in [-0.4, -0.2) is 22.4 Å². The normalized spacial score (nSPS) is 11.1. The van der Waals surface area contributed by atoms with Gasteiger partial charge in [-0.3, -0.25) is 14.2 Å². The third-order valence-corrected chi connectivity index (χ3v) is 6.94. The molecule has 2 aromatic carbocycles. The van der Waals surface area contributed by atoms with Gasteiger partial charge in [0.1, 0.15) is 5.75 Å². The Morgan fingerprint density at radius 3 is 2.77 bits per heavy atom. The van der Waals surface area contributed by atoms with E-state index in [1.54, 1.807) is 53.3 Å². The fraction of sp³-hybridized carbons (Fsp3) is 0.174. The number of ketones is 1. The summed E-state index contributed by atoms with van der Waals surface area (Å²) < 4.78 is 7.14. The molecule has 0 N–H and O–H groups in total. The summed E-state index contributed by atoms with van der Waals surface area (Å²) in [7, 11) is 1.60. The van der Waals surface area contributed by atoms with Crippen molar-refractivity contribution in [3.63, 3.8) is 0 Å². The lowest BCUT2D eigenvalue weighted by atomic mass is 10.1. The molecule has 0 aliphatic heterocycles. The number of fused-ring (bicyclic) bond motifs is 1. The van der Waals surface area contributed by atoms with E-state index in [9.17, 15) is 9.59 Å². The van der Waals surface area contributed by atoms with Crippen LogP contribution < -0.4 is 10.3 Å². The molecule has 0 atom stereocenters. The Morgan fingerprint density at radius 2 is 2.06 bits per heavy atom. The third kappa shape index (κ3) is 4.69. The second kappa shape index (κ2) is 9.26. The van der Waals surface area contributed by atoms with Gasteiger partial charge in [-0.25, -0.2) is 4.98 Å². The van der Waals surface area contributed by atoms with E-state index in [1.165, 1.54) is 18.7 Å². The molecule has 0 aliphatic carbocycles. The van der Waals surface area contributed by atoms with Gasteiger partial charge in [-0.2, -0.15) is 0 Å². The minimum absolute atomic E-state index is 0.00999. The van der Waals surface area contributed by atoms with Crippen LogP contribution in [-0.2, 0) is 12.3 Å². The molecule has 0 saturated heterocycles. The van der Waals surface area contributed by atoms with E-state index in [2.05, 4.69) is 0 Å². The minimum atomic E-state index is -0.132. The molecule has 0 amide bonds. The van der Waals surface area contributed by atoms with Crippen molar-refractivity contribution < 1.29 is 9.53 Å². The van der Waals surface area contributed by atoms with Crippen molar-refractivity contribution in [3.05, 3.63) is 85.3 Å². The monoisotopic (exact) mass is 470 g/mol. The number of benzene rings is 2. The van der Waals surface area contributed by atoms with Gasteiger partial charge in [-0.05, 0) is 54.8 Å². The molecule has 31 heavy (non-hydrogen) atoms. The molecule has 2 aromatic heterocycles. The predicted octanol–water partition coefficient (Wildman–Crippen LogP) is 5.66. The molecule has 2 heterocycles. The first-order valence-corrected chi connectivity index (χ1v) is 11.7. The number of thioether (sulfide) groups is 1. The van der Waals surface area contributed by atoms with Gasteiger partial charge < -0.3 is 4.74 Å². The number of thiophene rings is 1. The molecule has 0 unspecified atom stereocenters. The zero-order chi connectivity index (χ0) is 22.0. The summed E-state index contributed by atoms with van der Waals surface area (Å²) in [6, 6.07) is 14.5. The third-order valence-electron chi connectivity index (χ3n) is 4.82.